The number of carbonyl (C=O) groups is 1. The summed E-state index contributed by atoms with van der Waals surface area (Å²) in [4.78, 5) is 13.6. The summed E-state index contributed by atoms with van der Waals surface area (Å²) in [6.45, 7) is 4.57. The highest BCUT2D eigenvalue weighted by molar-refractivity contribution is 5.93. The molecule has 1 atom stereocenters. The summed E-state index contributed by atoms with van der Waals surface area (Å²) in [5.41, 5.74) is 1.80. The van der Waals surface area contributed by atoms with Gasteiger partial charge in [-0.2, -0.15) is 0 Å². The Morgan fingerprint density at radius 1 is 1.28 bits per heavy atom. The first-order chi connectivity index (χ1) is 8.77. The quantitative estimate of drug-likeness (QED) is 0.824. The fourth-order valence-electron chi connectivity index (χ4n) is 1.95. The number of fused-ring (bicyclic) bond motifs is 1. The number of benzene rings is 1. The largest absolute Gasteiger partial charge is 0.449 e. The molecule has 0 fully saturated rings. The molecule has 96 valence electrons. The molecule has 4 nitrogen and oxygen atoms in total. The fourth-order valence-corrected chi connectivity index (χ4v) is 1.95. The van der Waals surface area contributed by atoms with Crippen molar-refractivity contribution < 1.29 is 14.3 Å². The number of nitrogens with zero attached hydrogens (tertiary/aromatic N) is 1. The Kier molecular flexibility index (Phi) is 3.99. The van der Waals surface area contributed by atoms with Gasteiger partial charge in [0.25, 0.3) is 0 Å². The van der Waals surface area contributed by atoms with Crippen molar-refractivity contribution in [3.8, 4) is 0 Å². The molecule has 0 N–H and O–H groups in total. The van der Waals surface area contributed by atoms with Gasteiger partial charge in [-0.3, -0.25) is 0 Å². The van der Waals surface area contributed by atoms with Crippen LogP contribution in [-0.4, -0.2) is 25.5 Å². The predicted octanol–water partition coefficient (Wildman–Crippen LogP) is 3.04. The van der Waals surface area contributed by atoms with Crippen LogP contribution >= 0.6 is 0 Å². The van der Waals surface area contributed by atoms with Crippen LogP contribution in [0.15, 0.2) is 30.3 Å². The summed E-state index contributed by atoms with van der Waals surface area (Å²) in [5.74, 6) is 0. The average molecular weight is 247 g/mol. The maximum Gasteiger partial charge on any atom is 0.416 e. The Labute approximate surface area is 107 Å². The second kappa shape index (κ2) is 5.69. The van der Waals surface area contributed by atoms with E-state index in [-0.39, 0.29) is 6.09 Å². The molecule has 1 aromatic rings. The predicted molar refractivity (Wildman–Crippen MR) is 70.4 cm³/mol. The maximum atomic E-state index is 12.0. The number of ether oxygens (including phenoxy) is 2. The smallest absolute Gasteiger partial charge is 0.416 e. The number of hydrogen-bond donors (Lipinski definition) is 0. The van der Waals surface area contributed by atoms with Gasteiger partial charge in [-0.1, -0.05) is 24.3 Å². The molecule has 1 aliphatic rings. The Morgan fingerprint density at radius 3 is 2.78 bits per heavy atom. The molecule has 1 heterocycles. The summed E-state index contributed by atoms with van der Waals surface area (Å²) in [6.07, 6.45) is 3.05. The van der Waals surface area contributed by atoms with E-state index in [4.69, 9.17) is 9.47 Å². The number of para-hydroxylation sites is 1. The minimum Gasteiger partial charge on any atom is -0.449 e. The molecular formula is C14H17NO3. The van der Waals surface area contributed by atoms with Crippen LogP contribution in [0.4, 0.5) is 10.5 Å². The van der Waals surface area contributed by atoms with Gasteiger partial charge in [-0.15, -0.1) is 0 Å². The van der Waals surface area contributed by atoms with E-state index in [0.29, 0.717) is 13.2 Å². The van der Waals surface area contributed by atoms with Gasteiger partial charge in [-0.25, -0.2) is 9.69 Å². The van der Waals surface area contributed by atoms with Gasteiger partial charge in [-0.05, 0) is 31.6 Å². The van der Waals surface area contributed by atoms with E-state index in [2.05, 4.69) is 0 Å². The first kappa shape index (κ1) is 12.6. The molecular weight excluding hydrogens is 230 g/mol. The molecule has 0 aliphatic carbocycles. The zero-order valence-corrected chi connectivity index (χ0v) is 10.6. The van der Waals surface area contributed by atoms with Gasteiger partial charge in [0.05, 0.1) is 12.3 Å². The van der Waals surface area contributed by atoms with E-state index in [9.17, 15) is 4.79 Å². The van der Waals surface area contributed by atoms with Crippen molar-refractivity contribution in [2.45, 2.75) is 20.1 Å². The molecule has 0 bridgehead atoms. The first-order valence-corrected chi connectivity index (χ1v) is 6.12. The molecule has 1 aromatic carbocycles. The third-order valence-corrected chi connectivity index (χ3v) is 2.69. The fraction of sp³-hybridized carbons (Fsp3) is 0.357. The molecule has 0 saturated heterocycles. The van der Waals surface area contributed by atoms with E-state index < -0.39 is 6.23 Å². The van der Waals surface area contributed by atoms with Gasteiger partial charge < -0.3 is 9.47 Å². The lowest BCUT2D eigenvalue weighted by Crippen LogP contribution is -2.43. The van der Waals surface area contributed by atoms with Crippen LogP contribution in [0.25, 0.3) is 6.08 Å². The number of anilines is 1. The molecule has 0 aromatic heterocycles. The van der Waals surface area contributed by atoms with E-state index in [0.717, 1.165) is 11.3 Å². The van der Waals surface area contributed by atoms with E-state index in [1.165, 1.54) is 0 Å². The second-order valence-corrected chi connectivity index (χ2v) is 3.83. The molecule has 1 aliphatic heterocycles. The van der Waals surface area contributed by atoms with Crippen molar-refractivity contribution in [1.82, 2.24) is 0 Å². The molecule has 2 rings (SSSR count). The zero-order valence-electron chi connectivity index (χ0n) is 10.6. The third-order valence-electron chi connectivity index (χ3n) is 2.69. The van der Waals surface area contributed by atoms with Crippen LogP contribution in [0.1, 0.15) is 19.4 Å². The minimum atomic E-state index is -0.399. The summed E-state index contributed by atoms with van der Waals surface area (Å²) in [7, 11) is 0. The van der Waals surface area contributed by atoms with Gasteiger partial charge in [0.1, 0.15) is 0 Å². The van der Waals surface area contributed by atoms with Crippen LogP contribution in [0.3, 0.4) is 0 Å². The average Bonchev–Trinajstić information content (AvgIpc) is 2.39. The van der Waals surface area contributed by atoms with Crippen LogP contribution in [0.5, 0.6) is 0 Å². The van der Waals surface area contributed by atoms with Gasteiger partial charge in [0.15, 0.2) is 6.23 Å². The van der Waals surface area contributed by atoms with Crippen LogP contribution < -0.4 is 4.90 Å². The number of amides is 1. The Bertz CT molecular complexity index is 456. The number of carbonyl (C=O) groups excluding carboxylic acids is 1. The van der Waals surface area contributed by atoms with E-state index in [1.54, 1.807) is 11.8 Å². The molecule has 18 heavy (non-hydrogen) atoms. The maximum absolute atomic E-state index is 12.0. The van der Waals surface area contributed by atoms with Crippen molar-refractivity contribution in [3.05, 3.63) is 35.9 Å². The topological polar surface area (TPSA) is 38.8 Å². The Morgan fingerprint density at radius 2 is 2.06 bits per heavy atom. The SMILES string of the molecule is CCOC(=O)N1c2ccccc2C=C[C@H]1OCC. The molecule has 1 amide bonds. The summed E-state index contributed by atoms with van der Waals surface area (Å²) in [5, 5.41) is 0. The highest BCUT2D eigenvalue weighted by Crippen LogP contribution is 2.29. The number of rotatable bonds is 3. The van der Waals surface area contributed by atoms with Crippen LogP contribution in [0.2, 0.25) is 0 Å². The Hall–Kier alpha value is -1.81. The first-order valence-electron chi connectivity index (χ1n) is 6.12. The minimum absolute atomic E-state index is 0.347. The molecule has 0 saturated carbocycles. The third kappa shape index (κ3) is 2.38. The second-order valence-electron chi connectivity index (χ2n) is 3.83. The summed E-state index contributed by atoms with van der Waals surface area (Å²) in [6, 6.07) is 7.68. The van der Waals surface area contributed by atoms with Crippen molar-refractivity contribution >= 4 is 17.9 Å². The molecule has 0 radical (unpaired) electrons. The van der Waals surface area contributed by atoms with Gasteiger partial charge in [0, 0.05) is 6.61 Å². The highest BCUT2D eigenvalue weighted by atomic mass is 16.6. The lowest BCUT2D eigenvalue weighted by Gasteiger charge is -2.32. The normalized spacial score (nSPS) is 17.4. The lowest BCUT2D eigenvalue weighted by molar-refractivity contribution is 0.0830. The standard InChI is InChI=1S/C14H17NO3/c1-3-17-13-10-9-11-7-5-6-8-12(11)15(13)14(16)18-4-2/h5-10,13H,3-4H2,1-2H3/t13-/m1/s1. The summed E-state index contributed by atoms with van der Waals surface area (Å²) < 4.78 is 10.6. The van der Waals surface area contributed by atoms with Crippen LogP contribution in [-0.2, 0) is 9.47 Å². The van der Waals surface area contributed by atoms with Crippen molar-refractivity contribution in [2.75, 3.05) is 18.1 Å². The van der Waals surface area contributed by atoms with E-state index in [1.807, 2.05) is 43.3 Å². The van der Waals surface area contributed by atoms with Gasteiger partial charge in [0.2, 0.25) is 0 Å². The Balaban J connectivity index is 2.35. The van der Waals surface area contributed by atoms with Crippen molar-refractivity contribution in [1.29, 1.82) is 0 Å². The van der Waals surface area contributed by atoms with Crippen molar-refractivity contribution in [3.63, 3.8) is 0 Å². The zero-order chi connectivity index (χ0) is 13.0. The monoisotopic (exact) mass is 247 g/mol. The molecule has 0 spiro atoms. The molecule has 0 unspecified atom stereocenters. The number of hydrogen-bond acceptors (Lipinski definition) is 3. The summed E-state index contributed by atoms with van der Waals surface area (Å²) >= 11 is 0. The van der Waals surface area contributed by atoms with Crippen LogP contribution in [0, 0.1) is 0 Å². The van der Waals surface area contributed by atoms with E-state index >= 15 is 0 Å². The van der Waals surface area contributed by atoms with Gasteiger partial charge >= 0.3 is 6.09 Å². The lowest BCUT2D eigenvalue weighted by atomic mass is 10.1. The highest BCUT2D eigenvalue weighted by Gasteiger charge is 2.29. The van der Waals surface area contributed by atoms with Crippen molar-refractivity contribution in [2.24, 2.45) is 0 Å². The molecule has 4 heteroatoms.